The second kappa shape index (κ2) is 8.34. The number of nitrogens with zero attached hydrogens (tertiary/aromatic N) is 4. The Balaban J connectivity index is 1.83. The lowest BCUT2D eigenvalue weighted by Gasteiger charge is -2.19. The Labute approximate surface area is 196 Å². The van der Waals surface area contributed by atoms with Crippen molar-refractivity contribution < 1.29 is 4.92 Å². The fourth-order valence-electron chi connectivity index (χ4n) is 4.37. The van der Waals surface area contributed by atoms with Crippen molar-refractivity contribution in [2.75, 3.05) is 5.32 Å². The zero-order valence-electron chi connectivity index (χ0n) is 18.7. The SMILES string of the molecule is Cc1ccccc1Cc1c(C)c(C#N)c2nc3ccccc3n2c1Nc1cccc([N+](=O)[O-])c1. The molecule has 1 N–H and O–H groups in total. The van der Waals surface area contributed by atoms with Gasteiger partial charge in [0.1, 0.15) is 11.9 Å². The predicted octanol–water partition coefficient (Wildman–Crippen LogP) is 6.22. The number of nitriles is 1. The van der Waals surface area contributed by atoms with Crippen LogP contribution in [0, 0.1) is 35.3 Å². The Hall–Kier alpha value is -4.70. The first-order valence-electron chi connectivity index (χ1n) is 10.9. The number of imidazole rings is 1. The standard InChI is InChI=1S/C27H21N5O2/c1-17-8-3-4-9-19(17)14-22-18(2)23(16-28)27-30-24-12-5-6-13-25(24)31(27)26(22)29-20-10-7-11-21(15-20)32(33)34/h3-13,15,29H,14H2,1-2H3. The molecule has 0 unspecified atom stereocenters. The van der Waals surface area contributed by atoms with Gasteiger partial charge in [-0.15, -0.1) is 0 Å². The molecule has 0 aliphatic heterocycles. The number of nitro groups is 1. The molecule has 166 valence electrons. The molecule has 7 nitrogen and oxygen atoms in total. The number of anilines is 2. The smallest absolute Gasteiger partial charge is 0.271 e. The number of pyridine rings is 1. The molecule has 0 saturated heterocycles. The summed E-state index contributed by atoms with van der Waals surface area (Å²) in [5.74, 6) is 0.740. The molecule has 0 aliphatic rings. The second-order valence-corrected chi connectivity index (χ2v) is 8.23. The molecule has 0 fully saturated rings. The van der Waals surface area contributed by atoms with Gasteiger partial charge in [0.25, 0.3) is 5.69 Å². The number of fused-ring (bicyclic) bond motifs is 3. The number of rotatable bonds is 5. The molecule has 7 heteroatoms. The number of benzene rings is 3. The molecule has 0 saturated carbocycles. The van der Waals surface area contributed by atoms with Gasteiger partial charge >= 0.3 is 0 Å². The van der Waals surface area contributed by atoms with Crippen LogP contribution in [0.1, 0.15) is 27.8 Å². The third-order valence-corrected chi connectivity index (χ3v) is 6.18. The van der Waals surface area contributed by atoms with E-state index in [-0.39, 0.29) is 5.69 Å². The summed E-state index contributed by atoms with van der Waals surface area (Å²) in [5.41, 5.74) is 7.35. The van der Waals surface area contributed by atoms with Crippen LogP contribution < -0.4 is 5.32 Å². The lowest BCUT2D eigenvalue weighted by molar-refractivity contribution is -0.384. The van der Waals surface area contributed by atoms with Crippen LogP contribution in [-0.2, 0) is 6.42 Å². The highest BCUT2D eigenvalue weighted by Crippen LogP contribution is 2.35. The highest BCUT2D eigenvalue weighted by molar-refractivity contribution is 5.87. The van der Waals surface area contributed by atoms with Crippen LogP contribution in [0.3, 0.4) is 0 Å². The summed E-state index contributed by atoms with van der Waals surface area (Å²) < 4.78 is 1.95. The van der Waals surface area contributed by atoms with Crippen LogP contribution in [0.5, 0.6) is 0 Å². The molecule has 0 radical (unpaired) electrons. The lowest BCUT2D eigenvalue weighted by atomic mass is 9.95. The van der Waals surface area contributed by atoms with Gasteiger partial charge in [0, 0.05) is 29.8 Å². The van der Waals surface area contributed by atoms with Gasteiger partial charge in [-0.3, -0.25) is 14.5 Å². The van der Waals surface area contributed by atoms with E-state index in [2.05, 4.69) is 30.4 Å². The average Bonchev–Trinajstić information content (AvgIpc) is 3.22. The van der Waals surface area contributed by atoms with Crippen LogP contribution in [0.25, 0.3) is 16.7 Å². The van der Waals surface area contributed by atoms with Crippen molar-refractivity contribution in [3.63, 3.8) is 0 Å². The fourth-order valence-corrected chi connectivity index (χ4v) is 4.37. The summed E-state index contributed by atoms with van der Waals surface area (Å²) in [6.07, 6.45) is 0.590. The third-order valence-electron chi connectivity index (χ3n) is 6.18. The zero-order chi connectivity index (χ0) is 23.8. The van der Waals surface area contributed by atoms with Crippen molar-refractivity contribution in [1.82, 2.24) is 9.38 Å². The predicted molar refractivity (Wildman–Crippen MR) is 133 cm³/mol. The van der Waals surface area contributed by atoms with E-state index in [4.69, 9.17) is 4.98 Å². The molecular formula is C27H21N5O2. The van der Waals surface area contributed by atoms with Crippen molar-refractivity contribution in [2.45, 2.75) is 20.3 Å². The zero-order valence-corrected chi connectivity index (χ0v) is 18.7. The Bertz CT molecular complexity index is 1630. The number of hydrogen-bond acceptors (Lipinski definition) is 5. The first kappa shape index (κ1) is 21.2. The first-order chi connectivity index (χ1) is 16.5. The Kier molecular flexibility index (Phi) is 5.19. The van der Waals surface area contributed by atoms with Crippen molar-refractivity contribution in [3.05, 3.63) is 111 Å². The monoisotopic (exact) mass is 447 g/mol. The van der Waals surface area contributed by atoms with E-state index in [0.29, 0.717) is 23.3 Å². The minimum absolute atomic E-state index is 0.00236. The normalized spacial score (nSPS) is 11.0. The van der Waals surface area contributed by atoms with Crippen molar-refractivity contribution >= 4 is 33.9 Å². The summed E-state index contributed by atoms with van der Waals surface area (Å²) in [6, 6.07) is 24.6. The number of non-ortho nitro benzene ring substituents is 1. The van der Waals surface area contributed by atoms with Crippen molar-refractivity contribution in [1.29, 1.82) is 5.26 Å². The summed E-state index contributed by atoms with van der Waals surface area (Å²) in [7, 11) is 0. The van der Waals surface area contributed by atoms with Crippen LogP contribution in [0.4, 0.5) is 17.2 Å². The molecular weight excluding hydrogens is 426 g/mol. The largest absolute Gasteiger partial charge is 0.341 e. The molecule has 5 rings (SSSR count). The van der Waals surface area contributed by atoms with Gasteiger partial charge < -0.3 is 5.32 Å². The molecule has 2 aromatic heterocycles. The summed E-state index contributed by atoms with van der Waals surface area (Å²) in [4.78, 5) is 15.7. The van der Waals surface area contributed by atoms with E-state index in [0.717, 1.165) is 39.1 Å². The molecule has 0 spiro atoms. The van der Waals surface area contributed by atoms with E-state index in [1.54, 1.807) is 12.1 Å². The minimum Gasteiger partial charge on any atom is -0.341 e. The van der Waals surface area contributed by atoms with Gasteiger partial charge in [-0.1, -0.05) is 42.5 Å². The van der Waals surface area contributed by atoms with Crippen LogP contribution in [0.15, 0.2) is 72.8 Å². The first-order valence-corrected chi connectivity index (χ1v) is 10.9. The number of nitrogens with one attached hydrogen (secondary N) is 1. The summed E-state index contributed by atoms with van der Waals surface area (Å²) in [6.45, 7) is 4.00. The van der Waals surface area contributed by atoms with Gasteiger partial charge in [-0.25, -0.2) is 4.98 Å². The van der Waals surface area contributed by atoms with Gasteiger partial charge in [-0.05, 0) is 48.7 Å². The molecule has 34 heavy (non-hydrogen) atoms. The van der Waals surface area contributed by atoms with Gasteiger partial charge in [0.05, 0.1) is 21.5 Å². The number of aryl methyl sites for hydroxylation is 1. The Morgan fingerprint density at radius 2 is 1.82 bits per heavy atom. The van der Waals surface area contributed by atoms with E-state index in [1.807, 2.05) is 47.7 Å². The number of hydrogen-bond donors (Lipinski definition) is 1. The Morgan fingerprint density at radius 1 is 1.06 bits per heavy atom. The van der Waals surface area contributed by atoms with E-state index in [9.17, 15) is 15.4 Å². The second-order valence-electron chi connectivity index (χ2n) is 8.23. The summed E-state index contributed by atoms with van der Waals surface area (Å²) in [5, 5.41) is 24.9. The maximum atomic E-state index is 11.4. The molecule has 0 atom stereocenters. The van der Waals surface area contributed by atoms with Crippen LogP contribution in [0.2, 0.25) is 0 Å². The van der Waals surface area contributed by atoms with E-state index >= 15 is 0 Å². The molecule has 3 aromatic carbocycles. The maximum Gasteiger partial charge on any atom is 0.271 e. The average molecular weight is 447 g/mol. The molecule has 0 bridgehead atoms. The highest BCUT2D eigenvalue weighted by atomic mass is 16.6. The summed E-state index contributed by atoms with van der Waals surface area (Å²) >= 11 is 0. The van der Waals surface area contributed by atoms with Gasteiger partial charge in [-0.2, -0.15) is 5.26 Å². The maximum absolute atomic E-state index is 11.4. The van der Waals surface area contributed by atoms with Crippen molar-refractivity contribution in [3.8, 4) is 6.07 Å². The fraction of sp³-hybridized carbons (Fsp3) is 0.111. The van der Waals surface area contributed by atoms with E-state index in [1.165, 1.54) is 12.1 Å². The number of aromatic nitrogens is 2. The number of para-hydroxylation sites is 2. The van der Waals surface area contributed by atoms with Gasteiger partial charge in [0.2, 0.25) is 0 Å². The number of nitro benzene ring substituents is 1. The molecule has 2 heterocycles. The van der Waals surface area contributed by atoms with Crippen LogP contribution in [-0.4, -0.2) is 14.3 Å². The Morgan fingerprint density at radius 3 is 2.59 bits per heavy atom. The van der Waals surface area contributed by atoms with Crippen LogP contribution >= 0.6 is 0 Å². The molecule has 5 aromatic rings. The van der Waals surface area contributed by atoms with Crippen molar-refractivity contribution in [2.24, 2.45) is 0 Å². The minimum atomic E-state index is -0.411. The molecule has 0 amide bonds. The highest BCUT2D eigenvalue weighted by Gasteiger charge is 2.22. The lowest BCUT2D eigenvalue weighted by Crippen LogP contribution is -2.09. The van der Waals surface area contributed by atoms with Gasteiger partial charge in [0.15, 0.2) is 5.65 Å². The van der Waals surface area contributed by atoms with E-state index < -0.39 is 4.92 Å². The topological polar surface area (TPSA) is 96.3 Å². The molecule has 0 aliphatic carbocycles. The third kappa shape index (κ3) is 3.51. The quantitative estimate of drug-likeness (QED) is 0.255.